The fraction of sp³-hybridized carbons (Fsp3) is 0.462. The minimum absolute atomic E-state index is 0. The largest absolute Gasteiger partial charge is 0.493 e. The monoisotopic (exact) mass is 307 g/mol. The molecule has 1 heterocycles. The number of carbonyl (C=O) groups excluding carboxylic acids is 1. The predicted octanol–water partition coefficient (Wildman–Crippen LogP) is 2.24. The zero-order valence-electron chi connectivity index (χ0n) is 10.9. The molecule has 0 aromatic heterocycles. The lowest BCUT2D eigenvalue weighted by Gasteiger charge is -2.22. The first-order chi connectivity index (χ1) is 8.96. The molecule has 0 aliphatic carbocycles. The Morgan fingerprint density at radius 3 is 2.90 bits per heavy atom. The topological polar surface area (TPSA) is 61.5 Å². The Hall–Kier alpha value is -1.40. The summed E-state index contributed by atoms with van der Waals surface area (Å²) in [7, 11) is 0. The summed E-state index contributed by atoms with van der Waals surface area (Å²) in [5, 5.41) is 0. The van der Waals surface area contributed by atoms with Gasteiger partial charge in [-0.1, -0.05) is 12.1 Å². The van der Waals surface area contributed by atoms with Gasteiger partial charge in [-0.25, -0.2) is 4.79 Å². The van der Waals surface area contributed by atoms with E-state index in [4.69, 9.17) is 10.5 Å². The van der Waals surface area contributed by atoms with Crippen molar-refractivity contribution < 1.29 is 23.0 Å². The standard InChI is InChI=1S/C13H15F2NO3.ClH/c1-2-18-12(17)13(14,15)11(16)9-3-4-10-8(7-9)5-6-19-10;/h3-4,7,11H,2,5-6,16H2,1H3;1H/t11-;/m0./s1. The lowest BCUT2D eigenvalue weighted by molar-refractivity contribution is -0.174. The minimum atomic E-state index is -3.75. The summed E-state index contributed by atoms with van der Waals surface area (Å²) < 4.78 is 37.2. The average Bonchev–Trinajstić information content (AvgIpc) is 2.85. The highest BCUT2D eigenvalue weighted by Gasteiger charge is 2.47. The number of fused-ring (bicyclic) bond motifs is 1. The number of hydrogen-bond donors (Lipinski definition) is 1. The van der Waals surface area contributed by atoms with E-state index in [0.717, 1.165) is 5.56 Å². The maximum atomic E-state index is 13.8. The highest BCUT2D eigenvalue weighted by Crippen LogP contribution is 2.34. The highest BCUT2D eigenvalue weighted by atomic mass is 35.5. The van der Waals surface area contributed by atoms with Crippen LogP contribution in [0.15, 0.2) is 18.2 Å². The predicted molar refractivity (Wildman–Crippen MR) is 71.4 cm³/mol. The van der Waals surface area contributed by atoms with E-state index in [-0.39, 0.29) is 24.6 Å². The summed E-state index contributed by atoms with van der Waals surface area (Å²) >= 11 is 0. The molecule has 1 atom stereocenters. The van der Waals surface area contributed by atoms with Gasteiger partial charge < -0.3 is 15.2 Å². The minimum Gasteiger partial charge on any atom is -0.493 e. The van der Waals surface area contributed by atoms with Crippen LogP contribution in [-0.2, 0) is 16.0 Å². The smallest absolute Gasteiger partial charge is 0.379 e. The van der Waals surface area contributed by atoms with Gasteiger partial charge in [0.2, 0.25) is 0 Å². The van der Waals surface area contributed by atoms with Crippen molar-refractivity contribution in [2.45, 2.75) is 25.3 Å². The van der Waals surface area contributed by atoms with Crippen LogP contribution in [0.2, 0.25) is 0 Å². The molecular weight excluding hydrogens is 292 g/mol. The van der Waals surface area contributed by atoms with Crippen LogP contribution in [0.4, 0.5) is 8.78 Å². The number of halogens is 3. The van der Waals surface area contributed by atoms with Gasteiger partial charge >= 0.3 is 11.9 Å². The summed E-state index contributed by atoms with van der Waals surface area (Å²) in [6, 6.07) is 2.87. The third-order valence-corrected chi connectivity index (χ3v) is 3.01. The van der Waals surface area contributed by atoms with E-state index >= 15 is 0 Å². The number of esters is 1. The molecule has 1 aliphatic heterocycles. The van der Waals surface area contributed by atoms with Gasteiger partial charge in [0.05, 0.1) is 13.2 Å². The van der Waals surface area contributed by atoms with Gasteiger partial charge in [-0.2, -0.15) is 8.78 Å². The summed E-state index contributed by atoms with van der Waals surface area (Å²) in [5.41, 5.74) is 6.53. The number of hydrogen-bond acceptors (Lipinski definition) is 4. The lowest BCUT2D eigenvalue weighted by Crippen LogP contribution is -2.41. The van der Waals surface area contributed by atoms with Gasteiger partial charge in [-0.05, 0) is 24.1 Å². The maximum absolute atomic E-state index is 13.8. The Kier molecular flexibility index (Phi) is 5.30. The molecule has 0 spiro atoms. The van der Waals surface area contributed by atoms with Crippen LogP contribution >= 0.6 is 12.4 Å². The number of carbonyl (C=O) groups is 1. The fourth-order valence-electron chi connectivity index (χ4n) is 1.96. The first kappa shape index (κ1) is 16.7. The van der Waals surface area contributed by atoms with Crippen LogP contribution < -0.4 is 10.5 Å². The highest BCUT2D eigenvalue weighted by molar-refractivity contribution is 5.85. The normalized spacial score (nSPS) is 14.8. The molecule has 1 aliphatic rings. The van der Waals surface area contributed by atoms with Crippen LogP contribution in [0.5, 0.6) is 5.75 Å². The van der Waals surface area contributed by atoms with Crippen molar-refractivity contribution in [2.24, 2.45) is 5.73 Å². The molecule has 4 nitrogen and oxygen atoms in total. The second-order valence-electron chi connectivity index (χ2n) is 4.29. The molecule has 7 heteroatoms. The molecular formula is C13H16ClF2NO3. The van der Waals surface area contributed by atoms with E-state index < -0.39 is 17.9 Å². The first-order valence-corrected chi connectivity index (χ1v) is 6.03. The van der Waals surface area contributed by atoms with Crippen LogP contribution in [0.25, 0.3) is 0 Å². The van der Waals surface area contributed by atoms with E-state index in [9.17, 15) is 13.6 Å². The molecule has 0 amide bonds. The van der Waals surface area contributed by atoms with Crippen molar-refractivity contribution in [3.05, 3.63) is 29.3 Å². The lowest BCUT2D eigenvalue weighted by atomic mass is 9.98. The molecule has 0 fully saturated rings. The van der Waals surface area contributed by atoms with Crippen molar-refractivity contribution in [1.29, 1.82) is 0 Å². The van der Waals surface area contributed by atoms with Gasteiger partial charge in [0, 0.05) is 6.42 Å². The average molecular weight is 308 g/mol. The third kappa shape index (κ3) is 3.02. The molecule has 0 saturated carbocycles. The second-order valence-corrected chi connectivity index (χ2v) is 4.29. The van der Waals surface area contributed by atoms with E-state index in [0.29, 0.717) is 18.8 Å². The Balaban J connectivity index is 0.00000200. The Bertz CT molecular complexity index is 497. The van der Waals surface area contributed by atoms with Crippen molar-refractivity contribution in [3.8, 4) is 5.75 Å². The third-order valence-electron chi connectivity index (χ3n) is 3.01. The van der Waals surface area contributed by atoms with Crippen molar-refractivity contribution >= 4 is 18.4 Å². The number of alkyl halides is 2. The summed E-state index contributed by atoms with van der Waals surface area (Å²) in [5.74, 6) is -4.67. The Labute approximate surface area is 121 Å². The summed E-state index contributed by atoms with van der Waals surface area (Å²) in [4.78, 5) is 11.2. The molecule has 2 rings (SSSR count). The quantitative estimate of drug-likeness (QED) is 0.867. The Morgan fingerprint density at radius 2 is 2.25 bits per heavy atom. The zero-order valence-corrected chi connectivity index (χ0v) is 11.7. The van der Waals surface area contributed by atoms with E-state index in [1.54, 1.807) is 12.1 Å². The Morgan fingerprint density at radius 1 is 1.55 bits per heavy atom. The maximum Gasteiger partial charge on any atom is 0.379 e. The van der Waals surface area contributed by atoms with E-state index in [2.05, 4.69) is 4.74 Å². The van der Waals surface area contributed by atoms with Crippen LogP contribution in [0.1, 0.15) is 24.1 Å². The van der Waals surface area contributed by atoms with Crippen molar-refractivity contribution in [3.63, 3.8) is 0 Å². The van der Waals surface area contributed by atoms with Crippen LogP contribution in [0.3, 0.4) is 0 Å². The molecule has 0 bridgehead atoms. The molecule has 1 aromatic carbocycles. The van der Waals surface area contributed by atoms with Crippen molar-refractivity contribution in [1.82, 2.24) is 0 Å². The van der Waals surface area contributed by atoms with E-state index in [1.807, 2.05) is 0 Å². The second kappa shape index (κ2) is 6.37. The van der Waals surface area contributed by atoms with Gasteiger partial charge in [0.15, 0.2) is 0 Å². The number of nitrogens with two attached hydrogens (primary N) is 1. The number of benzene rings is 1. The van der Waals surface area contributed by atoms with E-state index in [1.165, 1.54) is 13.0 Å². The number of rotatable bonds is 4. The van der Waals surface area contributed by atoms with Crippen LogP contribution in [0, 0.1) is 0 Å². The number of ether oxygens (including phenoxy) is 2. The van der Waals surface area contributed by atoms with Crippen molar-refractivity contribution in [2.75, 3.05) is 13.2 Å². The summed E-state index contributed by atoms with van der Waals surface area (Å²) in [6.45, 7) is 1.88. The van der Waals surface area contributed by atoms with Gasteiger partial charge in [0.1, 0.15) is 11.8 Å². The summed E-state index contributed by atoms with van der Waals surface area (Å²) in [6.07, 6.45) is 0.654. The van der Waals surface area contributed by atoms with Gasteiger partial charge in [-0.15, -0.1) is 12.4 Å². The van der Waals surface area contributed by atoms with Gasteiger partial charge in [0.25, 0.3) is 0 Å². The SMILES string of the molecule is CCOC(=O)C(F)(F)[C@@H](N)c1ccc2c(c1)CCO2.Cl. The molecule has 20 heavy (non-hydrogen) atoms. The zero-order chi connectivity index (χ0) is 14.0. The first-order valence-electron chi connectivity index (χ1n) is 6.03. The molecule has 1 aromatic rings. The molecule has 0 unspecified atom stereocenters. The van der Waals surface area contributed by atoms with Crippen LogP contribution in [-0.4, -0.2) is 25.1 Å². The molecule has 0 saturated heterocycles. The molecule has 2 N–H and O–H groups in total. The van der Waals surface area contributed by atoms with Gasteiger partial charge in [-0.3, -0.25) is 0 Å². The molecule has 0 radical (unpaired) electrons. The molecule has 112 valence electrons. The fourth-order valence-corrected chi connectivity index (χ4v) is 1.96.